The van der Waals surface area contributed by atoms with Gasteiger partial charge in [-0.2, -0.15) is 0 Å². The van der Waals surface area contributed by atoms with Crippen LogP contribution in [-0.4, -0.2) is 22.2 Å². The fraction of sp³-hybridized carbons (Fsp3) is 0.880. The van der Waals surface area contributed by atoms with Crippen molar-refractivity contribution >= 4 is 7.60 Å². The van der Waals surface area contributed by atoms with Gasteiger partial charge in [0.25, 0.3) is 0 Å². The third kappa shape index (κ3) is 5.91. The van der Waals surface area contributed by atoms with E-state index in [0.29, 0.717) is 28.9 Å². The second kappa shape index (κ2) is 11.0. The summed E-state index contributed by atoms with van der Waals surface area (Å²) in [6.07, 6.45) is 9.46. The molecule has 0 aromatic carbocycles. The number of nitrogens with zero attached hydrogens (tertiary/aromatic N) is 1. The van der Waals surface area contributed by atoms with Gasteiger partial charge in [-0.3, -0.25) is 0 Å². The molecule has 4 aliphatic carbocycles. The van der Waals surface area contributed by atoms with Crippen molar-refractivity contribution in [3.63, 3.8) is 0 Å². The molecule has 1 N–H and O–H groups in total. The standard InChI is InChI=1S/C25H40NO6P.2Na/c1-23(27)10-11-24(2)16(13-23)4-5-18-19-6-7-21(25(19,3)9-8-20(18)24)22-12-17(32-26-22)14-31-15-33(28,29)30;;/h12,16,18-21,27H,4-11,13-15H2,1-3H3,(H2,28,29,30);;/q;2*+1/p-2/t16?,18-,19-,20?,21+,23+,24-,25-;;/m0../s1. The molecule has 0 bridgehead atoms. The topological polar surface area (TPSA) is 119 Å². The average Bonchev–Trinajstić information content (AvgIpc) is 3.31. The van der Waals surface area contributed by atoms with Gasteiger partial charge in [0.2, 0.25) is 0 Å². The van der Waals surface area contributed by atoms with Crippen LogP contribution < -0.4 is 68.9 Å². The molecule has 186 valence electrons. The van der Waals surface area contributed by atoms with Crippen molar-refractivity contribution in [3.8, 4) is 0 Å². The number of hydrogen-bond acceptors (Lipinski definition) is 7. The Hall–Kier alpha value is 1.28. The molecule has 0 saturated heterocycles. The maximum absolute atomic E-state index is 10.8. The molecule has 7 nitrogen and oxygen atoms in total. The van der Waals surface area contributed by atoms with Crippen LogP contribution >= 0.6 is 7.60 Å². The van der Waals surface area contributed by atoms with Gasteiger partial charge < -0.3 is 28.7 Å². The fourth-order valence-corrected chi connectivity index (χ4v) is 9.05. The maximum atomic E-state index is 10.8. The summed E-state index contributed by atoms with van der Waals surface area (Å²) in [7, 11) is -4.68. The van der Waals surface area contributed by atoms with E-state index in [4.69, 9.17) is 9.26 Å². The zero-order valence-electron chi connectivity index (χ0n) is 22.1. The van der Waals surface area contributed by atoms with Crippen LogP contribution in [0.5, 0.6) is 0 Å². The Labute approximate surface area is 253 Å². The Balaban J connectivity index is 0.00000171. The molecule has 5 rings (SSSR count). The molecule has 1 aromatic rings. The second-order valence-corrected chi connectivity index (χ2v) is 13.8. The van der Waals surface area contributed by atoms with E-state index in [1.165, 1.54) is 32.1 Å². The Morgan fingerprint density at radius 3 is 2.49 bits per heavy atom. The third-order valence-electron chi connectivity index (χ3n) is 10.4. The van der Waals surface area contributed by atoms with Crippen molar-refractivity contribution in [2.75, 3.05) is 6.35 Å². The first-order valence-electron chi connectivity index (χ1n) is 12.7. The summed E-state index contributed by atoms with van der Waals surface area (Å²) in [6.45, 7) is 6.94. The van der Waals surface area contributed by atoms with Crippen LogP contribution in [0.1, 0.15) is 95.9 Å². The minimum Gasteiger partial charge on any atom is -0.809 e. The molecule has 8 atom stereocenters. The van der Waals surface area contributed by atoms with Crippen molar-refractivity contribution in [2.45, 2.75) is 96.7 Å². The van der Waals surface area contributed by atoms with E-state index in [9.17, 15) is 19.5 Å². The fourth-order valence-electron chi connectivity index (χ4n) is 8.74. The molecule has 4 aliphatic rings. The van der Waals surface area contributed by atoms with E-state index in [2.05, 4.69) is 19.0 Å². The Bertz CT molecular complexity index is 937. The average molecular weight is 526 g/mol. The number of fused-ring (bicyclic) bond motifs is 5. The van der Waals surface area contributed by atoms with E-state index in [1.807, 2.05) is 13.0 Å². The number of aromatic nitrogens is 1. The number of aliphatic hydroxyl groups is 1. The van der Waals surface area contributed by atoms with Gasteiger partial charge in [-0.25, -0.2) is 0 Å². The van der Waals surface area contributed by atoms with Crippen LogP contribution in [0, 0.1) is 34.5 Å². The Morgan fingerprint density at radius 1 is 1.06 bits per heavy atom. The van der Waals surface area contributed by atoms with Crippen LogP contribution in [-0.2, 0) is 15.9 Å². The number of rotatable bonds is 5. The minimum absolute atomic E-state index is 0. The third-order valence-corrected chi connectivity index (χ3v) is 10.9. The zero-order valence-corrected chi connectivity index (χ0v) is 27.0. The molecule has 0 spiro atoms. The van der Waals surface area contributed by atoms with Crippen molar-refractivity contribution in [1.82, 2.24) is 5.16 Å². The van der Waals surface area contributed by atoms with Gasteiger partial charge in [0.15, 0.2) is 5.76 Å². The first-order chi connectivity index (χ1) is 15.4. The molecule has 1 heterocycles. The molecule has 0 radical (unpaired) electrons. The first kappa shape index (κ1) is 30.8. The van der Waals surface area contributed by atoms with Crippen LogP contribution in [0.15, 0.2) is 10.6 Å². The van der Waals surface area contributed by atoms with Gasteiger partial charge in [0.1, 0.15) is 6.61 Å². The van der Waals surface area contributed by atoms with Crippen molar-refractivity contribution < 1.29 is 87.8 Å². The molecular formula is C25H38NNa2O6P. The Kier molecular flexibility index (Phi) is 9.72. The molecule has 1 aromatic heterocycles. The van der Waals surface area contributed by atoms with Crippen LogP contribution in [0.25, 0.3) is 0 Å². The van der Waals surface area contributed by atoms with Gasteiger partial charge >= 0.3 is 59.1 Å². The smallest absolute Gasteiger partial charge is 0.809 e. The van der Waals surface area contributed by atoms with Crippen LogP contribution in [0.4, 0.5) is 0 Å². The summed E-state index contributed by atoms with van der Waals surface area (Å²) in [5.41, 5.74) is 0.994. The van der Waals surface area contributed by atoms with Crippen molar-refractivity contribution in [3.05, 3.63) is 17.5 Å². The van der Waals surface area contributed by atoms with Gasteiger partial charge in [-0.15, -0.1) is 0 Å². The molecule has 2 unspecified atom stereocenters. The van der Waals surface area contributed by atoms with Gasteiger partial charge in [-0.05, 0) is 107 Å². The van der Waals surface area contributed by atoms with Crippen molar-refractivity contribution in [1.29, 1.82) is 0 Å². The van der Waals surface area contributed by atoms with Gasteiger partial charge in [0, 0.05) is 12.0 Å². The van der Waals surface area contributed by atoms with E-state index in [1.54, 1.807) is 0 Å². The SMILES string of the molecule is C[C@@]1(O)CC[C@@]2(C)C(CC[C@@H]3C2CC[C@]2(C)[C@@H](c4cc(COCP(=O)([O-])[O-])on4)CC[C@@H]32)C1.[Na+].[Na+]. The molecular weight excluding hydrogens is 487 g/mol. The molecule has 0 amide bonds. The molecule has 10 heteroatoms. The van der Waals surface area contributed by atoms with Crippen molar-refractivity contribution in [2.24, 2.45) is 34.5 Å². The predicted octanol–water partition coefficient (Wildman–Crippen LogP) is -2.05. The number of hydrogen-bond donors (Lipinski definition) is 1. The second-order valence-electron chi connectivity index (χ2n) is 12.3. The molecule has 4 fully saturated rings. The maximum Gasteiger partial charge on any atom is 1.00 e. The summed E-state index contributed by atoms with van der Waals surface area (Å²) in [5.74, 6) is 3.63. The van der Waals surface area contributed by atoms with E-state index < -0.39 is 19.5 Å². The molecule has 35 heavy (non-hydrogen) atoms. The summed E-state index contributed by atoms with van der Waals surface area (Å²) >= 11 is 0. The minimum atomic E-state index is -4.68. The largest absolute Gasteiger partial charge is 1.00 e. The van der Waals surface area contributed by atoms with E-state index in [0.717, 1.165) is 43.2 Å². The summed E-state index contributed by atoms with van der Waals surface area (Å²) in [6, 6.07) is 1.90. The first-order valence-corrected chi connectivity index (χ1v) is 14.4. The molecule has 4 saturated carbocycles. The predicted molar refractivity (Wildman–Crippen MR) is 119 cm³/mol. The van der Waals surface area contributed by atoms with E-state index in [-0.39, 0.29) is 71.1 Å². The normalized spacial score (nSPS) is 42.7. The van der Waals surface area contributed by atoms with Crippen LogP contribution in [0.2, 0.25) is 0 Å². The van der Waals surface area contributed by atoms with Gasteiger partial charge in [0.05, 0.1) is 17.6 Å². The van der Waals surface area contributed by atoms with Crippen LogP contribution in [0.3, 0.4) is 0 Å². The zero-order chi connectivity index (χ0) is 23.6. The summed E-state index contributed by atoms with van der Waals surface area (Å²) in [4.78, 5) is 21.6. The van der Waals surface area contributed by atoms with Gasteiger partial charge in [-0.1, -0.05) is 19.0 Å². The quantitative estimate of drug-likeness (QED) is 0.347. The molecule has 0 aliphatic heterocycles. The summed E-state index contributed by atoms with van der Waals surface area (Å²) in [5, 5.41) is 15.0. The monoisotopic (exact) mass is 525 g/mol. The van der Waals surface area contributed by atoms with E-state index >= 15 is 0 Å². The Morgan fingerprint density at radius 2 is 1.77 bits per heavy atom. The summed E-state index contributed by atoms with van der Waals surface area (Å²) < 4.78 is 21.2. The number of ether oxygens (including phenoxy) is 1.